The van der Waals surface area contributed by atoms with Crippen molar-refractivity contribution in [2.45, 2.75) is 139 Å². The highest BCUT2D eigenvalue weighted by atomic mass is 16.3. The first-order chi connectivity index (χ1) is 46.0. The summed E-state index contributed by atoms with van der Waals surface area (Å²) in [5, 5.41) is 47.5. The molecular weight excluding hydrogens is 1240 g/mol. The third-order valence-corrected chi connectivity index (χ3v) is 16.5. The second-order valence-electron chi connectivity index (χ2n) is 24.3. The Morgan fingerprint density at radius 1 is 0.656 bits per heavy atom. The Labute approximate surface area is 552 Å². The third kappa shape index (κ3) is 20.1. The van der Waals surface area contributed by atoms with E-state index in [0.29, 0.717) is 39.7 Å². The lowest BCUT2D eigenvalue weighted by Crippen LogP contribution is -2.61. The number of aliphatic hydroxyl groups is 1. The van der Waals surface area contributed by atoms with E-state index in [1.165, 1.54) is 41.7 Å². The Bertz CT molecular complexity index is 3800. The number of benzene rings is 4. The Balaban J connectivity index is 1.06. The van der Waals surface area contributed by atoms with Crippen molar-refractivity contribution in [2.24, 2.45) is 28.1 Å². The highest BCUT2D eigenvalue weighted by Gasteiger charge is 2.40. The first-order valence-corrected chi connectivity index (χ1v) is 31.7. The topological polar surface area (TPSA) is 475 Å². The molecule has 8 rings (SSSR count). The molecule has 0 saturated carbocycles. The van der Waals surface area contributed by atoms with Crippen molar-refractivity contribution in [3.8, 4) is 5.75 Å². The number of aromatic nitrogens is 3. The summed E-state index contributed by atoms with van der Waals surface area (Å²) in [6.45, 7) is 2.34. The maximum Gasteiger partial charge on any atom is 0.245 e. The average molecular weight is 1320 g/mol. The Kier molecular flexibility index (Phi) is 25.0. The zero-order chi connectivity index (χ0) is 69.0. The average Bonchev–Trinajstić information content (AvgIpc) is 1.91. The van der Waals surface area contributed by atoms with Gasteiger partial charge in [0.1, 0.15) is 60.1 Å². The molecule has 2 saturated heterocycles. The number of phenols is 1. The minimum atomic E-state index is -1.80. The van der Waals surface area contributed by atoms with E-state index < -0.39 is 127 Å². The van der Waals surface area contributed by atoms with Crippen molar-refractivity contribution in [1.82, 2.24) is 67.7 Å². The minimum absolute atomic E-state index is 0.00766. The predicted octanol–water partition coefficient (Wildman–Crippen LogP) is -1.62. The molecule has 9 atom stereocenters. The smallest absolute Gasteiger partial charge is 0.245 e. The molecule has 2 aliphatic heterocycles. The zero-order valence-corrected chi connectivity index (χ0v) is 53.2. The number of aliphatic hydroxyl groups excluding tert-OH is 1. The van der Waals surface area contributed by atoms with Gasteiger partial charge in [-0.25, -0.2) is 4.98 Å². The van der Waals surface area contributed by atoms with Gasteiger partial charge in [0, 0.05) is 74.2 Å². The SMILES string of the molecule is CC(C)CC(NC(=O)[C@@H](Cc1ccc2ccccc2c1)NC(=O)C(Cc1ccc(O)cc1)NC(=O)C(CO)NC(=O)[C@H](Cc1c[nH]c2ccccc12)NC(=O)C(Cc1cnc[nH]1)NC(=O)C1CCC(=O)N1)C(=O)NC(CCCN=C(N)N)C(=O)N1CCCC1C(=O)NCC(N)=O. The Hall–Kier alpha value is -10.9. The molecule has 0 bridgehead atoms. The van der Waals surface area contributed by atoms with E-state index >= 15 is 9.59 Å². The van der Waals surface area contributed by atoms with Crippen LogP contribution in [0.3, 0.4) is 0 Å². The van der Waals surface area contributed by atoms with E-state index in [1.54, 1.807) is 50.4 Å². The number of fused-ring (bicyclic) bond motifs is 2. The van der Waals surface area contributed by atoms with E-state index in [-0.39, 0.29) is 101 Å². The molecule has 2 aromatic heterocycles. The van der Waals surface area contributed by atoms with Gasteiger partial charge in [0.2, 0.25) is 65.0 Å². The van der Waals surface area contributed by atoms with Gasteiger partial charge in [-0.2, -0.15) is 0 Å². The van der Waals surface area contributed by atoms with E-state index in [4.69, 9.17) is 17.2 Å². The summed E-state index contributed by atoms with van der Waals surface area (Å²) in [6, 6.07) is 13.5. The second-order valence-corrected chi connectivity index (χ2v) is 24.3. The molecule has 2 fully saturated rings. The number of primary amides is 1. The summed E-state index contributed by atoms with van der Waals surface area (Å²) in [5.74, 6) is -9.01. The van der Waals surface area contributed by atoms with Gasteiger partial charge in [-0.3, -0.25) is 57.7 Å². The number of nitrogens with zero attached hydrogens (tertiary/aromatic N) is 3. The lowest BCUT2D eigenvalue weighted by molar-refractivity contribution is -0.142. The number of carbonyl (C=O) groups excluding carboxylic acids is 11. The highest BCUT2D eigenvalue weighted by molar-refractivity contribution is 6.00. The number of aromatic amines is 2. The summed E-state index contributed by atoms with van der Waals surface area (Å²) in [4.78, 5) is 169. The number of para-hydroxylation sites is 1. The lowest BCUT2D eigenvalue weighted by Gasteiger charge is -2.30. The molecule has 4 aromatic carbocycles. The maximum atomic E-state index is 15.1. The number of nitrogens with one attached hydrogen (secondary N) is 11. The first kappa shape index (κ1) is 70.9. The van der Waals surface area contributed by atoms with Crippen LogP contribution in [0.5, 0.6) is 5.75 Å². The number of hydrogen-bond donors (Lipinski definition) is 16. The number of imidazole rings is 1. The van der Waals surface area contributed by atoms with Crippen molar-refractivity contribution >= 4 is 92.6 Å². The summed E-state index contributed by atoms with van der Waals surface area (Å²) in [6.07, 6.45) is 4.89. The maximum absolute atomic E-state index is 15.1. The van der Waals surface area contributed by atoms with Gasteiger partial charge >= 0.3 is 0 Å². The van der Waals surface area contributed by atoms with E-state index in [2.05, 4.69) is 67.8 Å². The summed E-state index contributed by atoms with van der Waals surface area (Å²) >= 11 is 0. The van der Waals surface area contributed by atoms with Crippen LogP contribution in [-0.4, -0.2) is 182 Å². The standard InChI is InChI=1S/C66H83N17O13/c1-36(2)25-48(58(89)76-47(13-7-23-71-66(68)69)65(96)83-24-8-14-54(83)64(95)73-33-55(67)86)77-60(91)50(28-38-15-18-39-9-3-4-10-40(39)26-38)78-59(90)49(27-37-16-19-43(85)20-17-37)79-63(94)53(34-84)82-61(92)51(29-41-31-72-45-12-6-5-11-44(41)45)80-62(93)52(30-42-32-70-35-74-42)81-57(88)46-21-22-56(87)75-46/h3-6,9-12,15-20,26,31-32,35-36,46-54,72,84-85H,7-8,13-14,21-25,27-30,33-34H2,1-2H3,(H2,67,86)(H,70,74)(H,73,95)(H,75,87)(H,76,89)(H,77,91)(H,78,90)(H,79,94)(H,80,93)(H,81,88)(H,82,92)(H4,68,69,71)/t46?,47?,48?,49?,50-,51+,52?,53?,54?/m1/s1. The molecule has 510 valence electrons. The first-order valence-electron chi connectivity index (χ1n) is 31.7. The number of amides is 11. The summed E-state index contributed by atoms with van der Waals surface area (Å²) < 4.78 is 0. The molecule has 96 heavy (non-hydrogen) atoms. The molecule has 0 spiro atoms. The molecule has 4 heterocycles. The monoisotopic (exact) mass is 1320 g/mol. The number of phenolic OH excluding ortho intramolecular Hbond substituents is 1. The van der Waals surface area contributed by atoms with Crippen LogP contribution in [0.4, 0.5) is 0 Å². The number of rotatable bonds is 33. The van der Waals surface area contributed by atoms with Crippen molar-refractivity contribution in [1.29, 1.82) is 0 Å². The fourth-order valence-corrected chi connectivity index (χ4v) is 11.6. The van der Waals surface area contributed by atoms with Crippen LogP contribution >= 0.6 is 0 Å². The Morgan fingerprint density at radius 2 is 1.25 bits per heavy atom. The minimum Gasteiger partial charge on any atom is -0.508 e. The largest absolute Gasteiger partial charge is 0.508 e. The summed E-state index contributed by atoms with van der Waals surface area (Å²) in [5.41, 5.74) is 19.1. The van der Waals surface area contributed by atoms with Crippen LogP contribution < -0.4 is 65.1 Å². The van der Waals surface area contributed by atoms with Crippen molar-refractivity contribution < 1.29 is 63.0 Å². The number of nitrogens with two attached hydrogens (primary N) is 3. The van der Waals surface area contributed by atoms with Gasteiger partial charge in [0.15, 0.2) is 5.96 Å². The lowest BCUT2D eigenvalue weighted by atomic mass is 9.98. The fourth-order valence-electron chi connectivity index (χ4n) is 11.6. The van der Waals surface area contributed by atoms with Crippen LogP contribution in [0.15, 0.2) is 115 Å². The van der Waals surface area contributed by atoms with Gasteiger partial charge in [-0.05, 0) is 90.1 Å². The van der Waals surface area contributed by atoms with Crippen LogP contribution in [0.25, 0.3) is 21.7 Å². The van der Waals surface area contributed by atoms with Crippen LogP contribution in [-0.2, 0) is 78.4 Å². The molecule has 6 aromatic rings. The molecule has 7 unspecified atom stereocenters. The number of aliphatic imine (C=N–C) groups is 1. The van der Waals surface area contributed by atoms with Gasteiger partial charge in [0.05, 0.1) is 19.5 Å². The molecule has 19 N–H and O–H groups in total. The number of H-pyrrole nitrogens is 2. The number of guanidine groups is 1. The van der Waals surface area contributed by atoms with Gasteiger partial charge in [0.25, 0.3) is 0 Å². The molecular formula is C66H83N17O13. The molecule has 30 nitrogen and oxygen atoms in total. The number of hydrogen-bond acceptors (Lipinski definition) is 15. The van der Waals surface area contributed by atoms with Crippen molar-refractivity contribution in [2.75, 3.05) is 26.2 Å². The number of aromatic hydroxyl groups is 1. The quantitative estimate of drug-likeness (QED) is 0.0125. The van der Waals surface area contributed by atoms with Crippen LogP contribution in [0.2, 0.25) is 0 Å². The van der Waals surface area contributed by atoms with Crippen molar-refractivity contribution in [3.63, 3.8) is 0 Å². The summed E-state index contributed by atoms with van der Waals surface area (Å²) in [7, 11) is 0. The molecule has 30 heteroatoms. The third-order valence-electron chi connectivity index (χ3n) is 16.5. The van der Waals surface area contributed by atoms with Gasteiger partial charge in [-0.15, -0.1) is 0 Å². The Morgan fingerprint density at radius 3 is 1.89 bits per heavy atom. The van der Waals surface area contributed by atoms with Gasteiger partial charge in [-0.1, -0.05) is 86.6 Å². The normalized spacial score (nSPS) is 16.5. The van der Waals surface area contributed by atoms with Gasteiger partial charge < -0.3 is 90.1 Å². The molecule has 2 aliphatic rings. The van der Waals surface area contributed by atoms with E-state index in [0.717, 1.165) is 10.8 Å². The highest BCUT2D eigenvalue weighted by Crippen LogP contribution is 2.23. The molecule has 0 radical (unpaired) electrons. The number of carbonyl (C=O) groups is 11. The van der Waals surface area contributed by atoms with E-state index in [1.807, 2.05) is 36.4 Å². The van der Waals surface area contributed by atoms with Crippen LogP contribution in [0.1, 0.15) is 81.2 Å². The fraction of sp³-hybridized carbons (Fsp3) is 0.409. The van der Waals surface area contributed by atoms with Crippen molar-refractivity contribution in [3.05, 3.63) is 132 Å². The molecule has 11 amide bonds. The second kappa shape index (κ2) is 33.8. The zero-order valence-electron chi connectivity index (χ0n) is 53.2. The number of likely N-dealkylation sites (tertiary alicyclic amines) is 1. The predicted molar refractivity (Wildman–Crippen MR) is 352 cm³/mol. The van der Waals surface area contributed by atoms with Crippen LogP contribution in [0, 0.1) is 5.92 Å². The molecule has 0 aliphatic carbocycles. The van der Waals surface area contributed by atoms with E-state index in [9.17, 15) is 53.4 Å².